The number of carbonyl (C=O) groups is 1. The van der Waals surface area contributed by atoms with Crippen LogP contribution in [-0.4, -0.2) is 12.0 Å². The number of halogens is 6. The van der Waals surface area contributed by atoms with Crippen LogP contribution in [0.5, 0.6) is 5.75 Å². The molecule has 182 valence electrons. The smallest absolute Gasteiger partial charge is 0.432 e. The Balaban J connectivity index is 1.48. The lowest BCUT2D eigenvalue weighted by Crippen LogP contribution is -2.46. The summed E-state index contributed by atoms with van der Waals surface area (Å²) < 4.78 is 87.9. The van der Waals surface area contributed by atoms with Crippen LogP contribution in [0.4, 0.5) is 26.3 Å². The Hall–Kier alpha value is -3.29. The lowest BCUT2D eigenvalue weighted by molar-refractivity contribution is -0.248. The highest BCUT2D eigenvalue weighted by Gasteiger charge is 2.61. The molecule has 1 fully saturated rings. The molecular formula is C27H20F6O2. The predicted octanol–water partition coefficient (Wildman–Crippen LogP) is 7.29. The number of rotatable bonds is 5. The number of ketones is 1. The molecule has 1 saturated carbocycles. The van der Waals surface area contributed by atoms with Gasteiger partial charge in [0.25, 0.3) is 0 Å². The van der Waals surface area contributed by atoms with E-state index < -0.39 is 35.5 Å². The van der Waals surface area contributed by atoms with Crippen molar-refractivity contribution in [3.05, 3.63) is 89.0 Å². The van der Waals surface area contributed by atoms with Gasteiger partial charge in [-0.25, -0.2) is 0 Å². The van der Waals surface area contributed by atoms with Crippen LogP contribution in [0.25, 0.3) is 11.1 Å². The number of benzene rings is 3. The highest BCUT2D eigenvalue weighted by Crippen LogP contribution is 2.52. The van der Waals surface area contributed by atoms with Gasteiger partial charge in [0.2, 0.25) is 5.60 Å². The van der Waals surface area contributed by atoms with E-state index in [0.29, 0.717) is 18.1 Å². The second-order valence-corrected chi connectivity index (χ2v) is 9.12. The molecule has 1 heterocycles. The fourth-order valence-corrected chi connectivity index (χ4v) is 4.53. The van der Waals surface area contributed by atoms with Crippen molar-refractivity contribution in [2.75, 3.05) is 0 Å². The Morgan fingerprint density at radius 3 is 2.29 bits per heavy atom. The predicted molar refractivity (Wildman–Crippen MR) is 117 cm³/mol. The summed E-state index contributed by atoms with van der Waals surface area (Å²) in [5.74, 6) is 0.284. The van der Waals surface area contributed by atoms with Crippen molar-refractivity contribution < 1.29 is 35.9 Å². The van der Waals surface area contributed by atoms with E-state index in [1.807, 2.05) is 12.1 Å². The van der Waals surface area contributed by atoms with Gasteiger partial charge in [0.15, 0.2) is 0 Å². The third-order valence-electron chi connectivity index (χ3n) is 6.57. The van der Waals surface area contributed by atoms with Gasteiger partial charge in [-0.15, -0.1) is 0 Å². The Morgan fingerprint density at radius 2 is 1.60 bits per heavy atom. The van der Waals surface area contributed by atoms with Crippen molar-refractivity contribution in [3.8, 4) is 16.9 Å². The van der Waals surface area contributed by atoms with Crippen LogP contribution >= 0.6 is 0 Å². The fourth-order valence-electron chi connectivity index (χ4n) is 4.53. The van der Waals surface area contributed by atoms with Gasteiger partial charge < -0.3 is 4.74 Å². The van der Waals surface area contributed by atoms with Crippen LogP contribution < -0.4 is 4.74 Å². The van der Waals surface area contributed by atoms with Gasteiger partial charge in [0.1, 0.15) is 11.5 Å². The van der Waals surface area contributed by atoms with Crippen LogP contribution in [0.15, 0.2) is 66.7 Å². The van der Waals surface area contributed by atoms with E-state index in [0.717, 1.165) is 42.2 Å². The molecule has 0 radical (unpaired) electrons. The van der Waals surface area contributed by atoms with E-state index in [4.69, 9.17) is 4.74 Å². The average Bonchev–Trinajstić information content (AvgIpc) is 3.57. The third kappa shape index (κ3) is 4.42. The highest BCUT2D eigenvalue weighted by molar-refractivity contribution is 5.85. The molecule has 2 aliphatic rings. The van der Waals surface area contributed by atoms with Crippen LogP contribution in [0.1, 0.15) is 35.1 Å². The van der Waals surface area contributed by atoms with E-state index in [1.54, 1.807) is 24.3 Å². The van der Waals surface area contributed by atoms with Crippen molar-refractivity contribution in [1.29, 1.82) is 0 Å². The Morgan fingerprint density at radius 1 is 0.886 bits per heavy atom. The van der Waals surface area contributed by atoms with Gasteiger partial charge in [0.05, 0.1) is 5.56 Å². The van der Waals surface area contributed by atoms with Gasteiger partial charge >= 0.3 is 12.4 Å². The number of ether oxygens (including phenoxy) is 1. The molecule has 35 heavy (non-hydrogen) atoms. The van der Waals surface area contributed by atoms with E-state index in [-0.39, 0.29) is 23.0 Å². The van der Waals surface area contributed by atoms with Crippen LogP contribution in [-0.2, 0) is 29.4 Å². The first-order valence-corrected chi connectivity index (χ1v) is 11.1. The van der Waals surface area contributed by atoms with E-state index in [1.165, 1.54) is 6.07 Å². The molecule has 1 atom stereocenters. The van der Waals surface area contributed by atoms with Crippen LogP contribution in [0.3, 0.4) is 0 Å². The summed E-state index contributed by atoms with van der Waals surface area (Å²) in [6.07, 6.45) is -8.26. The zero-order valence-electron chi connectivity index (χ0n) is 18.3. The van der Waals surface area contributed by atoms with Crippen molar-refractivity contribution in [2.45, 2.75) is 43.6 Å². The normalized spacial score (nSPS) is 19.8. The number of hydrogen-bond donors (Lipinski definition) is 0. The van der Waals surface area contributed by atoms with E-state index in [9.17, 15) is 31.1 Å². The van der Waals surface area contributed by atoms with Gasteiger partial charge in [0, 0.05) is 24.3 Å². The highest BCUT2D eigenvalue weighted by atomic mass is 19.4. The second kappa shape index (κ2) is 8.14. The number of hydrogen-bond acceptors (Lipinski definition) is 2. The summed E-state index contributed by atoms with van der Waals surface area (Å²) in [4.78, 5) is 12.2. The molecule has 0 aromatic heterocycles. The Bertz CT molecular complexity index is 1290. The standard InChI is InChI=1S/C27H20F6O2/c28-26(29,30)22-6-2-5-21(14-22)25(27(31,32)33)15-20-13-19(9-10-24(20)35-25)18-4-1-3-16(11-18)12-23(34)17-7-8-17/h1-6,9-11,13-14,17H,7-8,12,15H2. The van der Waals surface area contributed by atoms with Crippen molar-refractivity contribution >= 4 is 5.78 Å². The maximum Gasteiger partial charge on any atom is 0.432 e. The number of carbonyl (C=O) groups excluding carboxylic acids is 1. The molecular weight excluding hydrogens is 470 g/mol. The minimum Gasteiger partial charge on any atom is -0.472 e. The number of Topliss-reactive ketones (excluding diaryl/α,β-unsaturated/α-hetero) is 1. The van der Waals surface area contributed by atoms with E-state index >= 15 is 0 Å². The quantitative estimate of drug-likeness (QED) is 0.351. The lowest BCUT2D eigenvalue weighted by atomic mass is 9.87. The zero-order chi connectivity index (χ0) is 25.0. The van der Waals surface area contributed by atoms with Gasteiger partial charge in [-0.05, 0) is 59.4 Å². The minimum atomic E-state index is -4.96. The first kappa shape index (κ1) is 23.5. The molecule has 3 aromatic rings. The van der Waals surface area contributed by atoms with Gasteiger partial charge in [-0.3, -0.25) is 4.79 Å². The molecule has 1 aliphatic carbocycles. The molecule has 2 nitrogen and oxygen atoms in total. The van der Waals surface area contributed by atoms with E-state index in [2.05, 4.69) is 0 Å². The maximum atomic E-state index is 14.3. The van der Waals surface area contributed by atoms with Crippen LogP contribution in [0.2, 0.25) is 0 Å². The van der Waals surface area contributed by atoms with Gasteiger partial charge in [-0.1, -0.05) is 42.5 Å². The van der Waals surface area contributed by atoms with Crippen LogP contribution in [0, 0.1) is 5.92 Å². The molecule has 1 aliphatic heterocycles. The summed E-state index contributed by atoms with van der Waals surface area (Å²) in [6.45, 7) is 0. The first-order chi connectivity index (χ1) is 16.5. The SMILES string of the molecule is O=C(Cc1cccc(-c2ccc3c(c2)CC(c2cccc(C(F)(F)F)c2)(C(F)(F)F)O3)c1)C1CC1. The molecule has 3 aromatic carbocycles. The zero-order valence-corrected chi connectivity index (χ0v) is 18.3. The summed E-state index contributed by atoms with van der Waals surface area (Å²) in [5, 5.41) is 0. The van der Waals surface area contributed by atoms with Crippen molar-refractivity contribution in [2.24, 2.45) is 5.92 Å². The number of fused-ring (bicyclic) bond motifs is 1. The summed E-state index contributed by atoms with van der Waals surface area (Å²) in [5.41, 5.74) is -2.25. The molecule has 0 N–H and O–H groups in total. The number of alkyl halides is 6. The summed E-state index contributed by atoms with van der Waals surface area (Å²) >= 11 is 0. The molecule has 0 spiro atoms. The molecule has 8 heteroatoms. The van der Waals surface area contributed by atoms with Crippen molar-refractivity contribution in [3.63, 3.8) is 0 Å². The topological polar surface area (TPSA) is 26.3 Å². The Kier molecular flexibility index (Phi) is 5.45. The largest absolute Gasteiger partial charge is 0.472 e. The summed E-state index contributed by atoms with van der Waals surface area (Å²) in [6, 6.07) is 15.0. The minimum absolute atomic E-state index is 0.0245. The summed E-state index contributed by atoms with van der Waals surface area (Å²) in [7, 11) is 0. The second-order valence-electron chi connectivity index (χ2n) is 9.12. The molecule has 5 rings (SSSR count). The average molecular weight is 490 g/mol. The molecule has 1 unspecified atom stereocenters. The van der Waals surface area contributed by atoms with Gasteiger partial charge in [-0.2, -0.15) is 26.3 Å². The molecule has 0 bridgehead atoms. The first-order valence-electron chi connectivity index (χ1n) is 11.1. The fraction of sp³-hybridized carbons (Fsp3) is 0.296. The Labute approximate surface area is 197 Å². The monoisotopic (exact) mass is 490 g/mol. The maximum absolute atomic E-state index is 14.3. The lowest BCUT2D eigenvalue weighted by Gasteiger charge is -2.32. The van der Waals surface area contributed by atoms with Crippen molar-refractivity contribution in [1.82, 2.24) is 0 Å². The molecule has 0 saturated heterocycles. The molecule has 0 amide bonds. The third-order valence-corrected chi connectivity index (χ3v) is 6.57.